The molecule has 0 aliphatic carbocycles. The van der Waals surface area contributed by atoms with Gasteiger partial charge in [0.15, 0.2) is 0 Å². The molecule has 1 fully saturated rings. The number of anilines is 1. The summed E-state index contributed by atoms with van der Waals surface area (Å²) < 4.78 is 11.0. The Bertz CT molecular complexity index is 625. The topological polar surface area (TPSA) is 64.4 Å². The van der Waals surface area contributed by atoms with Crippen molar-refractivity contribution in [2.75, 3.05) is 23.4 Å². The van der Waals surface area contributed by atoms with E-state index in [0.717, 1.165) is 36.5 Å². The second-order valence-corrected chi connectivity index (χ2v) is 6.46. The third-order valence-corrected chi connectivity index (χ3v) is 4.75. The Morgan fingerprint density at radius 1 is 1.35 bits per heavy atom. The number of aromatic nitrogens is 1. The molecule has 0 radical (unpaired) electrons. The number of thioether (sulfide) groups is 1. The molecule has 1 N–H and O–H groups in total. The van der Waals surface area contributed by atoms with E-state index in [-0.39, 0.29) is 5.91 Å². The van der Waals surface area contributed by atoms with E-state index < -0.39 is 0 Å². The molecule has 0 spiro atoms. The highest BCUT2D eigenvalue weighted by molar-refractivity contribution is 8.00. The lowest BCUT2D eigenvalue weighted by Crippen LogP contribution is -2.23. The predicted molar refractivity (Wildman–Crippen MR) is 91.5 cm³/mol. The van der Waals surface area contributed by atoms with Crippen molar-refractivity contribution >= 4 is 23.4 Å². The minimum Gasteiger partial charge on any atom is -0.444 e. The van der Waals surface area contributed by atoms with Gasteiger partial charge in [-0.25, -0.2) is 4.98 Å². The van der Waals surface area contributed by atoms with Crippen LogP contribution in [0.1, 0.15) is 19.3 Å². The number of nitrogens with zero attached hydrogens (tertiary/aromatic N) is 1. The molecule has 0 bridgehead atoms. The van der Waals surface area contributed by atoms with E-state index in [4.69, 9.17) is 9.15 Å². The normalized spacial score (nSPS) is 17.8. The Morgan fingerprint density at radius 2 is 2.26 bits per heavy atom. The van der Waals surface area contributed by atoms with Crippen molar-refractivity contribution in [1.82, 2.24) is 4.98 Å². The van der Waals surface area contributed by atoms with Gasteiger partial charge in [0.25, 0.3) is 0 Å². The fourth-order valence-electron chi connectivity index (χ4n) is 2.54. The summed E-state index contributed by atoms with van der Waals surface area (Å²) in [7, 11) is 0. The van der Waals surface area contributed by atoms with Crippen molar-refractivity contribution < 1.29 is 13.9 Å². The van der Waals surface area contributed by atoms with Crippen LogP contribution in [0.5, 0.6) is 0 Å². The first-order valence-electron chi connectivity index (χ1n) is 7.81. The minimum atomic E-state index is -0.0233. The maximum atomic E-state index is 12.2. The van der Waals surface area contributed by atoms with E-state index in [1.807, 2.05) is 24.3 Å². The van der Waals surface area contributed by atoms with Gasteiger partial charge < -0.3 is 14.5 Å². The predicted octanol–water partition coefficient (Wildman–Crippen LogP) is 3.58. The number of ether oxygens (including phenoxy) is 1. The molecule has 23 heavy (non-hydrogen) atoms. The molecule has 122 valence electrons. The van der Waals surface area contributed by atoms with E-state index in [9.17, 15) is 4.79 Å². The van der Waals surface area contributed by atoms with Gasteiger partial charge in [0.2, 0.25) is 11.8 Å². The molecule has 0 saturated carbocycles. The average Bonchev–Trinajstić information content (AvgIpc) is 3.11. The Kier molecular flexibility index (Phi) is 5.71. The number of hydrogen-bond donors (Lipinski definition) is 1. The molecule has 3 rings (SSSR count). The summed E-state index contributed by atoms with van der Waals surface area (Å²) in [5.74, 6) is 1.77. The Hall–Kier alpha value is -1.79. The van der Waals surface area contributed by atoms with Crippen molar-refractivity contribution in [1.29, 1.82) is 0 Å². The number of carbonyl (C=O) groups is 1. The zero-order valence-electron chi connectivity index (χ0n) is 12.9. The molecule has 1 amide bonds. The number of rotatable bonds is 6. The molecule has 2 heterocycles. The van der Waals surface area contributed by atoms with Crippen LogP contribution in [0.3, 0.4) is 0 Å². The van der Waals surface area contributed by atoms with Crippen LogP contribution in [0.4, 0.5) is 5.69 Å². The van der Waals surface area contributed by atoms with Crippen LogP contribution in [-0.2, 0) is 9.53 Å². The summed E-state index contributed by atoms with van der Waals surface area (Å²) in [6.45, 7) is 0.848. The number of carbonyl (C=O) groups excluding carboxylic acids is 1. The number of oxazole rings is 1. The largest absolute Gasteiger partial charge is 0.444 e. The lowest BCUT2D eigenvalue weighted by Gasteiger charge is -2.21. The minimum absolute atomic E-state index is 0.0233. The molecule has 1 aliphatic rings. The van der Waals surface area contributed by atoms with Crippen LogP contribution in [0.25, 0.3) is 11.5 Å². The maximum absolute atomic E-state index is 12.2. The van der Waals surface area contributed by atoms with Crippen LogP contribution in [0, 0.1) is 0 Å². The van der Waals surface area contributed by atoms with Crippen LogP contribution in [0.15, 0.2) is 41.1 Å². The monoisotopic (exact) mass is 332 g/mol. The zero-order valence-corrected chi connectivity index (χ0v) is 13.7. The van der Waals surface area contributed by atoms with Gasteiger partial charge in [-0.3, -0.25) is 4.79 Å². The summed E-state index contributed by atoms with van der Waals surface area (Å²) in [5.41, 5.74) is 1.50. The molecule has 2 aromatic rings. The highest BCUT2D eigenvalue weighted by Crippen LogP contribution is 2.26. The molecule has 1 aliphatic heterocycles. The molecular weight excluding hydrogens is 312 g/mol. The standard InChI is InChI=1S/C17H20N2O3S/c20-16(12-23-11-13-5-3-4-9-21-13)19-15-7-2-1-6-14(15)17-18-8-10-22-17/h1-2,6-8,10,13H,3-5,9,11-12H2,(H,19,20). The molecule has 5 nitrogen and oxygen atoms in total. The van der Waals surface area contributed by atoms with Crippen LogP contribution >= 0.6 is 11.8 Å². The molecule has 1 aromatic carbocycles. The number of benzene rings is 1. The smallest absolute Gasteiger partial charge is 0.234 e. The molecule has 1 atom stereocenters. The molecule has 1 aromatic heterocycles. The van der Waals surface area contributed by atoms with E-state index in [1.165, 1.54) is 12.7 Å². The van der Waals surface area contributed by atoms with Gasteiger partial charge in [-0.05, 0) is 31.4 Å². The Morgan fingerprint density at radius 3 is 3.04 bits per heavy atom. The molecule has 1 saturated heterocycles. The Balaban J connectivity index is 1.52. The van der Waals surface area contributed by atoms with Gasteiger partial charge in [-0.2, -0.15) is 0 Å². The van der Waals surface area contributed by atoms with Crippen LogP contribution in [0.2, 0.25) is 0 Å². The number of amides is 1. The molecular formula is C17H20N2O3S. The van der Waals surface area contributed by atoms with Crippen molar-refractivity contribution in [3.05, 3.63) is 36.7 Å². The van der Waals surface area contributed by atoms with Gasteiger partial charge in [-0.15, -0.1) is 11.8 Å². The highest BCUT2D eigenvalue weighted by atomic mass is 32.2. The molecule has 1 unspecified atom stereocenters. The van der Waals surface area contributed by atoms with Gasteiger partial charge >= 0.3 is 0 Å². The fourth-order valence-corrected chi connectivity index (χ4v) is 3.44. The highest BCUT2D eigenvalue weighted by Gasteiger charge is 2.15. The number of nitrogens with one attached hydrogen (secondary N) is 1. The van der Waals surface area contributed by atoms with Crippen molar-refractivity contribution in [2.45, 2.75) is 25.4 Å². The lowest BCUT2D eigenvalue weighted by molar-refractivity contribution is -0.113. The van der Waals surface area contributed by atoms with E-state index in [1.54, 1.807) is 18.0 Å². The summed E-state index contributed by atoms with van der Waals surface area (Å²) in [5, 5.41) is 2.94. The van der Waals surface area contributed by atoms with Crippen molar-refractivity contribution in [2.24, 2.45) is 0 Å². The van der Waals surface area contributed by atoms with Gasteiger partial charge in [-0.1, -0.05) is 12.1 Å². The summed E-state index contributed by atoms with van der Waals surface area (Å²) in [4.78, 5) is 16.3. The first-order valence-corrected chi connectivity index (χ1v) is 8.96. The van der Waals surface area contributed by atoms with Gasteiger partial charge in [0, 0.05) is 12.4 Å². The summed E-state index contributed by atoms with van der Waals surface area (Å²) in [6.07, 6.45) is 6.88. The lowest BCUT2D eigenvalue weighted by atomic mass is 10.1. The first-order chi connectivity index (χ1) is 11.3. The van der Waals surface area contributed by atoms with Gasteiger partial charge in [0.05, 0.1) is 29.3 Å². The second kappa shape index (κ2) is 8.17. The zero-order chi connectivity index (χ0) is 15.9. The quantitative estimate of drug-likeness (QED) is 0.876. The summed E-state index contributed by atoms with van der Waals surface area (Å²) in [6, 6.07) is 7.51. The number of hydrogen-bond acceptors (Lipinski definition) is 5. The molecule has 6 heteroatoms. The average molecular weight is 332 g/mol. The second-order valence-electron chi connectivity index (χ2n) is 5.43. The fraction of sp³-hybridized carbons (Fsp3) is 0.412. The number of para-hydroxylation sites is 1. The van der Waals surface area contributed by atoms with Crippen LogP contribution in [-0.4, -0.2) is 35.1 Å². The van der Waals surface area contributed by atoms with E-state index in [0.29, 0.717) is 17.7 Å². The van der Waals surface area contributed by atoms with E-state index in [2.05, 4.69) is 10.3 Å². The van der Waals surface area contributed by atoms with Crippen molar-refractivity contribution in [3.63, 3.8) is 0 Å². The first kappa shape index (κ1) is 16.1. The Labute approximate surface area is 139 Å². The van der Waals surface area contributed by atoms with E-state index >= 15 is 0 Å². The SMILES string of the molecule is O=C(CSCC1CCCCO1)Nc1ccccc1-c1ncco1. The maximum Gasteiger partial charge on any atom is 0.234 e. The third-order valence-electron chi connectivity index (χ3n) is 3.67. The summed E-state index contributed by atoms with van der Waals surface area (Å²) >= 11 is 1.61. The van der Waals surface area contributed by atoms with Gasteiger partial charge in [0.1, 0.15) is 6.26 Å². The van der Waals surface area contributed by atoms with Crippen LogP contribution < -0.4 is 5.32 Å². The third kappa shape index (κ3) is 4.59. The van der Waals surface area contributed by atoms with Crippen molar-refractivity contribution in [3.8, 4) is 11.5 Å².